The van der Waals surface area contributed by atoms with E-state index in [1.165, 1.54) is 5.56 Å². The predicted molar refractivity (Wildman–Crippen MR) is 107 cm³/mol. The van der Waals surface area contributed by atoms with Gasteiger partial charge in [0, 0.05) is 30.0 Å². The fraction of sp³-hybridized carbons (Fsp3) is 0.300. The van der Waals surface area contributed by atoms with Crippen molar-refractivity contribution in [3.8, 4) is 0 Å². The molecule has 0 spiro atoms. The molecule has 130 valence electrons. The van der Waals surface area contributed by atoms with Crippen LogP contribution in [0.4, 0.5) is 11.4 Å². The first-order valence-electron chi connectivity index (χ1n) is 8.57. The van der Waals surface area contributed by atoms with Crippen LogP contribution < -0.4 is 10.6 Å². The maximum atomic E-state index is 12.4. The Hall–Kier alpha value is -2.40. The molecule has 0 radical (unpaired) electrons. The van der Waals surface area contributed by atoms with Gasteiger partial charge in [-0.15, -0.1) is 0 Å². The van der Waals surface area contributed by atoms with Crippen molar-refractivity contribution in [3.63, 3.8) is 0 Å². The van der Waals surface area contributed by atoms with Gasteiger partial charge in [0.25, 0.3) is 5.91 Å². The van der Waals surface area contributed by atoms with Crippen LogP contribution in [0, 0.1) is 13.8 Å². The van der Waals surface area contributed by atoms with Crippen molar-refractivity contribution in [1.29, 1.82) is 0 Å². The zero-order valence-corrected chi connectivity index (χ0v) is 15.5. The predicted octanol–water partition coefficient (Wildman–Crippen LogP) is 4.35. The number of rotatable bonds is 3. The molecule has 1 fully saturated rings. The van der Waals surface area contributed by atoms with Gasteiger partial charge in [-0.05, 0) is 80.4 Å². The minimum Gasteiger partial charge on any atom is -0.339 e. The Bertz CT molecular complexity index is 780. The molecule has 1 saturated heterocycles. The highest BCUT2D eigenvalue weighted by Crippen LogP contribution is 2.18. The van der Waals surface area contributed by atoms with Crippen molar-refractivity contribution >= 4 is 34.6 Å². The SMILES string of the molecule is Cc1ccc(C)c(NC(=S)Nc2ccc(C(=O)N3CCCC3)cc2)c1. The quantitative estimate of drug-likeness (QED) is 0.805. The van der Waals surface area contributed by atoms with Gasteiger partial charge in [-0.25, -0.2) is 0 Å². The average molecular weight is 353 g/mol. The minimum absolute atomic E-state index is 0.111. The number of carbonyl (C=O) groups excluding carboxylic acids is 1. The summed E-state index contributed by atoms with van der Waals surface area (Å²) in [6.07, 6.45) is 2.20. The zero-order valence-electron chi connectivity index (χ0n) is 14.6. The number of nitrogens with zero attached hydrogens (tertiary/aromatic N) is 1. The number of carbonyl (C=O) groups is 1. The molecule has 1 amide bonds. The van der Waals surface area contributed by atoms with Crippen LogP contribution in [0.2, 0.25) is 0 Å². The summed E-state index contributed by atoms with van der Waals surface area (Å²) in [6.45, 7) is 5.83. The summed E-state index contributed by atoms with van der Waals surface area (Å²) >= 11 is 5.40. The summed E-state index contributed by atoms with van der Waals surface area (Å²) in [7, 11) is 0. The lowest BCUT2D eigenvalue weighted by molar-refractivity contribution is 0.0793. The monoisotopic (exact) mass is 353 g/mol. The number of nitrogens with one attached hydrogen (secondary N) is 2. The van der Waals surface area contributed by atoms with Gasteiger partial charge in [0.15, 0.2) is 5.11 Å². The summed E-state index contributed by atoms with van der Waals surface area (Å²) in [5.41, 5.74) is 4.90. The highest BCUT2D eigenvalue weighted by Gasteiger charge is 2.19. The Morgan fingerprint density at radius 3 is 2.36 bits per heavy atom. The second-order valence-corrected chi connectivity index (χ2v) is 6.88. The molecule has 0 unspecified atom stereocenters. The van der Waals surface area contributed by atoms with Gasteiger partial charge in [0.1, 0.15) is 0 Å². The van der Waals surface area contributed by atoms with E-state index in [4.69, 9.17) is 12.2 Å². The first-order chi connectivity index (χ1) is 12.0. The Labute approximate surface area is 154 Å². The first kappa shape index (κ1) is 17.4. The lowest BCUT2D eigenvalue weighted by atomic mass is 10.1. The Morgan fingerprint density at radius 1 is 1.00 bits per heavy atom. The van der Waals surface area contributed by atoms with Crippen molar-refractivity contribution in [1.82, 2.24) is 4.90 Å². The highest BCUT2D eigenvalue weighted by atomic mass is 32.1. The van der Waals surface area contributed by atoms with Gasteiger partial charge in [-0.3, -0.25) is 4.79 Å². The normalized spacial score (nSPS) is 13.6. The number of thiocarbonyl (C=S) groups is 1. The van der Waals surface area contributed by atoms with E-state index in [1.54, 1.807) is 0 Å². The Kier molecular flexibility index (Phi) is 5.34. The number of hydrogen-bond acceptors (Lipinski definition) is 2. The summed E-state index contributed by atoms with van der Waals surface area (Å²) in [5, 5.41) is 6.93. The van der Waals surface area contributed by atoms with Gasteiger partial charge >= 0.3 is 0 Å². The molecule has 4 nitrogen and oxygen atoms in total. The Balaban J connectivity index is 1.61. The van der Waals surface area contributed by atoms with Gasteiger partial charge in [0.2, 0.25) is 0 Å². The van der Waals surface area contributed by atoms with Crippen molar-refractivity contribution in [2.24, 2.45) is 0 Å². The molecule has 0 aliphatic carbocycles. The molecular weight excluding hydrogens is 330 g/mol. The second-order valence-electron chi connectivity index (χ2n) is 6.47. The third-order valence-corrected chi connectivity index (χ3v) is 4.63. The van der Waals surface area contributed by atoms with Crippen molar-refractivity contribution < 1.29 is 4.79 Å². The molecule has 0 saturated carbocycles. The van der Waals surface area contributed by atoms with Crippen molar-refractivity contribution in [2.75, 3.05) is 23.7 Å². The molecule has 2 aromatic rings. The lowest BCUT2D eigenvalue weighted by Crippen LogP contribution is -2.27. The third-order valence-electron chi connectivity index (χ3n) is 4.42. The van der Waals surface area contributed by atoms with Crippen LogP contribution in [-0.2, 0) is 0 Å². The maximum absolute atomic E-state index is 12.4. The number of hydrogen-bond donors (Lipinski definition) is 2. The van der Waals surface area contributed by atoms with Crippen LogP contribution in [0.5, 0.6) is 0 Å². The molecule has 0 atom stereocenters. The van der Waals surface area contributed by atoms with Gasteiger partial charge in [0.05, 0.1) is 0 Å². The van der Waals surface area contributed by atoms with Crippen LogP contribution in [0.3, 0.4) is 0 Å². The summed E-state index contributed by atoms with van der Waals surface area (Å²) in [4.78, 5) is 14.3. The zero-order chi connectivity index (χ0) is 17.8. The number of likely N-dealkylation sites (tertiary alicyclic amines) is 1. The molecular formula is C20H23N3OS. The number of anilines is 2. The first-order valence-corrected chi connectivity index (χ1v) is 8.98. The smallest absolute Gasteiger partial charge is 0.253 e. The molecule has 1 aliphatic rings. The summed E-state index contributed by atoms with van der Waals surface area (Å²) < 4.78 is 0. The van der Waals surface area contributed by atoms with E-state index in [9.17, 15) is 4.79 Å². The molecule has 3 rings (SSSR count). The fourth-order valence-electron chi connectivity index (χ4n) is 2.95. The third kappa shape index (κ3) is 4.37. The molecule has 5 heteroatoms. The van der Waals surface area contributed by atoms with E-state index in [2.05, 4.69) is 35.8 Å². The second kappa shape index (κ2) is 7.66. The van der Waals surface area contributed by atoms with Gasteiger partial charge in [-0.1, -0.05) is 12.1 Å². The standard InChI is InChI=1S/C20H23N3OS/c1-14-5-6-15(2)18(13-14)22-20(25)21-17-9-7-16(8-10-17)19(24)23-11-3-4-12-23/h5-10,13H,3-4,11-12H2,1-2H3,(H2,21,22,25). The van der Waals surface area contributed by atoms with E-state index in [1.807, 2.05) is 36.1 Å². The minimum atomic E-state index is 0.111. The fourth-order valence-corrected chi connectivity index (χ4v) is 3.18. The number of benzene rings is 2. The molecule has 2 aromatic carbocycles. The van der Waals surface area contributed by atoms with E-state index in [0.717, 1.165) is 48.4 Å². The van der Waals surface area contributed by atoms with Gasteiger partial charge in [-0.2, -0.15) is 0 Å². The van der Waals surface area contributed by atoms with Crippen LogP contribution >= 0.6 is 12.2 Å². The van der Waals surface area contributed by atoms with Gasteiger partial charge < -0.3 is 15.5 Å². The van der Waals surface area contributed by atoms with Crippen LogP contribution in [0.15, 0.2) is 42.5 Å². The average Bonchev–Trinajstić information content (AvgIpc) is 3.13. The van der Waals surface area contributed by atoms with E-state index in [-0.39, 0.29) is 5.91 Å². The van der Waals surface area contributed by atoms with Crippen LogP contribution in [0.1, 0.15) is 34.3 Å². The highest BCUT2D eigenvalue weighted by molar-refractivity contribution is 7.80. The van der Waals surface area contributed by atoms with Crippen molar-refractivity contribution in [2.45, 2.75) is 26.7 Å². The molecule has 0 bridgehead atoms. The number of aryl methyl sites for hydroxylation is 2. The molecule has 1 heterocycles. The van der Waals surface area contributed by atoms with E-state index < -0.39 is 0 Å². The van der Waals surface area contributed by atoms with E-state index >= 15 is 0 Å². The topological polar surface area (TPSA) is 44.4 Å². The van der Waals surface area contributed by atoms with Crippen LogP contribution in [0.25, 0.3) is 0 Å². The van der Waals surface area contributed by atoms with Crippen LogP contribution in [-0.4, -0.2) is 29.0 Å². The molecule has 25 heavy (non-hydrogen) atoms. The van der Waals surface area contributed by atoms with Crippen molar-refractivity contribution in [3.05, 3.63) is 59.2 Å². The van der Waals surface area contributed by atoms with E-state index in [0.29, 0.717) is 5.11 Å². The number of amides is 1. The maximum Gasteiger partial charge on any atom is 0.253 e. The lowest BCUT2D eigenvalue weighted by Gasteiger charge is -2.16. The summed E-state index contributed by atoms with van der Waals surface area (Å²) in [6, 6.07) is 13.7. The summed E-state index contributed by atoms with van der Waals surface area (Å²) in [5.74, 6) is 0.111. The molecule has 1 aliphatic heterocycles. The molecule has 0 aromatic heterocycles. The Morgan fingerprint density at radius 2 is 1.68 bits per heavy atom. The molecule has 2 N–H and O–H groups in total. The largest absolute Gasteiger partial charge is 0.339 e.